The van der Waals surface area contributed by atoms with Crippen LogP contribution in [0.4, 0.5) is 33.7 Å². The van der Waals surface area contributed by atoms with Crippen LogP contribution in [0.1, 0.15) is 5.56 Å². The van der Waals surface area contributed by atoms with Gasteiger partial charge < -0.3 is 4.74 Å². The minimum absolute atomic E-state index is 0.0668. The Balaban J connectivity index is 1.84. The number of amides is 2. The number of hydrogen-bond acceptors (Lipinski definition) is 3. The maximum absolute atomic E-state index is 14.1. The molecule has 2 aromatic carbocycles. The van der Waals surface area contributed by atoms with E-state index in [-0.39, 0.29) is 36.7 Å². The molecule has 0 aromatic heterocycles. The first-order chi connectivity index (χ1) is 12.3. The second-order valence-electron chi connectivity index (χ2n) is 5.46. The fourth-order valence-corrected chi connectivity index (χ4v) is 2.66. The van der Waals surface area contributed by atoms with Gasteiger partial charge in [-0.2, -0.15) is 13.2 Å². The first-order valence-electron chi connectivity index (χ1n) is 7.47. The molecule has 1 heterocycles. The number of nitrogens with zero attached hydrogens (tertiary/aromatic N) is 2. The molecule has 1 aliphatic rings. The predicted molar refractivity (Wildman–Crippen MR) is 84.6 cm³/mol. The molecule has 0 N–H and O–H groups in total. The smallest absolute Gasteiger partial charge is 0.416 e. The van der Waals surface area contributed by atoms with Crippen molar-refractivity contribution in [2.24, 2.45) is 0 Å². The van der Waals surface area contributed by atoms with Crippen LogP contribution >= 0.6 is 0 Å². The predicted octanol–water partition coefficient (Wildman–Crippen LogP) is 3.83. The van der Waals surface area contributed by atoms with Crippen LogP contribution in [-0.2, 0) is 11.0 Å². The Morgan fingerprint density at radius 3 is 2.27 bits per heavy atom. The number of alkyl halides is 3. The minimum atomic E-state index is -4.47. The molecular formula is C17H12F4N2O3. The molecule has 9 heteroatoms. The highest BCUT2D eigenvalue weighted by molar-refractivity contribution is 6.06. The molecule has 26 heavy (non-hydrogen) atoms. The van der Waals surface area contributed by atoms with Gasteiger partial charge in [0.15, 0.2) is 0 Å². The summed E-state index contributed by atoms with van der Waals surface area (Å²) in [4.78, 5) is 25.3. The van der Waals surface area contributed by atoms with E-state index >= 15 is 0 Å². The molecule has 2 aromatic rings. The average Bonchev–Trinajstić information content (AvgIpc) is 2.97. The molecule has 0 unspecified atom stereocenters. The van der Waals surface area contributed by atoms with Crippen molar-refractivity contribution in [2.45, 2.75) is 6.18 Å². The molecule has 3 rings (SSSR count). The number of hydrogen-bond donors (Lipinski definition) is 0. The summed E-state index contributed by atoms with van der Waals surface area (Å²) in [5.74, 6) is -0.622. The van der Waals surface area contributed by atoms with Gasteiger partial charge in [0, 0.05) is 24.8 Å². The minimum Gasteiger partial charge on any atom is -0.429 e. The first-order valence-corrected chi connectivity index (χ1v) is 7.47. The number of anilines is 2. The van der Waals surface area contributed by atoms with Crippen LogP contribution < -0.4 is 14.5 Å². The summed E-state index contributed by atoms with van der Waals surface area (Å²) in [6.45, 7) is 0.473. The molecule has 5 nitrogen and oxygen atoms in total. The number of ether oxygens (including phenoxy) is 1. The molecule has 0 radical (unpaired) electrons. The summed E-state index contributed by atoms with van der Waals surface area (Å²) in [5, 5.41) is 0. The van der Waals surface area contributed by atoms with Crippen LogP contribution in [0.15, 0.2) is 42.5 Å². The van der Waals surface area contributed by atoms with E-state index in [1.165, 1.54) is 29.2 Å². The number of rotatable bonds is 4. The standard InChI is InChI=1S/C17H12F4N2O3/c18-14-6-5-13(26-10-24)9-15(14)23-8-7-22(16(23)25)12-3-1-11(2-4-12)17(19,20)21/h1-6,9-10H,7-8H2. The Labute approximate surface area is 145 Å². The van der Waals surface area contributed by atoms with Crippen LogP contribution in [0.25, 0.3) is 0 Å². The third-order valence-corrected chi connectivity index (χ3v) is 3.91. The normalized spacial score (nSPS) is 14.7. The fraction of sp³-hybridized carbons (Fsp3) is 0.176. The van der Waals surface area contributed by atoms with Crippen molar-refractivity contribution in [1.82, 2.24) is 0 Å². The van der Waals surface area contributed by atoms with Gasteiger partial charge in [-0.3, -0.25) is 14.6 Å². The van der Waals surface area contributed by atoms with Crippen molar-refractivity contribution < 1.29 is 31.9 Å². The lowest BCUT2D eigenvalue weighted by molar-refractivity contribution is -0.137. The van der Waals surface area contributed by atoms with Crippen molar-refractivity contribution >= 4 is 23.9 Å². The second-order valence-corrected chi connectivity index (χ2v) is 5.46. The molecule has 1 fully saturated rings. The fourth-order valence-electron chi connectivity index (χ4n) is 2.66. The Hall–Kier alpha value is -3.10. The zero-order valence-corrected chi connectivity index (χ0v) is 13.2. The van der Waals surface area contributed by atoms with Crippen molar-refractivity contribution in [3.63, 3.8) is 0 Å². The second kappa shape index (κ2) is 6.66. The Morgan fingerprint density at radius 2 is 1.65 bits per heavy atom. The van der Waals surface area contributed by atoms with Crippen molar-refractivity contribution in [3.05, 3.63) is 53.8 Å². The summed E-state index contributed by atoms with van der Waals surface area (Å²) in [6.07, 6.45) is -4.47. The van der Waals surface area contributed by atoms with Crippen molar-refractivity contribution in [2.75, 3.05) is 22.9 Å². The summed E-state index contributed by atoms with van der Waals surface area (Å²) >= 11 is 0. The van der Waals surface area contributed by atoms with E-state index in [0.717, 1.165) is 23.1 Å². The van der Waals surface area contributed by atoms with E-state index in [4.69, 9.17) is 0 Å². The van der Waals surface area contributed by atoms with Gasteiger partial charge >= 0.3 is 12.2 Å². The number of urea groups is 1. The highest BCUT2D eigenvalue weighted by Crippen LogP contribution is 2.33. The molecule has 0 atom stereocenters. The quantitative estimate of drug-likeness (QED) is 0.609. The average molecular weight is 368 g/mol. The lowest BCUT2D eigenvalue weighted by atomic mass is 10.2. The van der Waals surface area contributed by atoms with Gasteiger partial charge in [0.25, 0.3) is 6.47 Å². The van der Waals surface area contributed by atoms with E-state index < -0.39 is 23.6 Å². The Bertz CT molecular complexity index is 837. The lowest BCUT2D eigenvalue weighted by Gasteiger charge is -2.20. The highest BCUT2D eigenvalue weighted by atomic mass is 19.4. The van der Waals surface area contributed by atoms with E-state index in [1.807, 2.05) is 0 Å². The summed E-state index contributed by atoms with van der Waals surface area (Å²) in [7, 11) is 0. The van der Waals surface area contributed by atoms with Gasteiger partial charge in [-0.1, -0.05) is 0 Å². The van der Waals surface area contributed by atoms with Crippen molar-refractivity contribution in [3.8, 4) is 5.75 Å². The number of carbonyl (C=O) groups is 2. The van der Waals surface area contributed by atoms with Crippen LogP contribution in [0.3, 0.4) is 0 Å². The molecule has 0 saturated carbocycles. The molecular weight excluding hydrogens is 356 g/mol. The topological polar surface area (TPSA) is 49.9 Å². The highest BCUT2D eigenvalue weighted by Gasteiger charge is 2.34. The summed E-state index contributed by atoms with van der Waals surface area (Å²) in [5.41, 5.74) is -0.635. The Morgan fingerprint density at radius 1 is 1.00 bits per heavy atom. The molecule has 136 valence electrons. The summed E-state index contributed by atoms with van der Waals surface area (Å²) in [6, 6.07) is 7.04. The summed E-state index contributed by atoms with van der Waals surface area (Å²) < 4.78 is 56.6. The van der Waals surface area contributed by atoms with Gasteiger partial charge in [-0.25, -0.2) is 9.18 Å². The molecule has 0 aliphatic carbocycles. The SMILES string of the molecule is O=COc1ccc(F)c(N2CCN(c3ccc(C(F)(F)F)cc3)C2=O)c1. The monoisotopic (exact) mass is 368 g/mol. The zero-order chi connectivity index (χ0) is 18.9. The third kappa shape index (κ3) is 3.32. The maximum atomic E-state index is 14.1. The van der Waals surface area contributed by atoms with Gasteiger partial charge in [-0.15, -0.1) is 0 Å². The van der Waals surface area contributed by atoms with E-state index in [1.54, 1.807) is 0 Å². The largest absolute Gasteiger partial charge is 0.429 e. The van der Waals surface area contributed by atoms with E-state index in [0.29, 0.717) is 0 Å². The number of halogens is 4. The molecule has 1 saturated heterocycles. The van der Waals surface area contributed by atoms with Gasteiger partial charge in [0.1, 0.15) is 11.6 Å². The zero-order valence-electron chi connectivity index (χ0n) is 13.2. The first kappa shape index (κ1) is 17.7. The van der Waals surface area contributed by atoms with Crippen LogP contribution in [-0.4, -0.2) is 25.6 Å². The molecule has 1 aliphatic heterocycles. The van der Waals surface area contributed by atoms with E-state index in [9.17, 15) is 27.2 Å². The third-order valence-electron chi connectivity index (χ3n) is 3.91. The van der Waals surface area contributed by atoms with Gasteiger partial charge in [0.2, 0.25) is 0 Å². The molecule has 0 bridgehead atoms. The van der Waals surface area contributed by atoms with Crippen LogP contribution in [0, 0.1) is 5.82 Å². The molecule has 2 amide bonds. The maximum Gasteiger partial charge on any atom is 0.416 e. The van der Waals surface area contributed by atoms with E-state index in [2.05, 4.69) is 4.74 Å². The Kier molecular flexibility index (Phi) is 4.54. The molecule has 0 spiro atoms. The van der Waals surface area contributed by atoms with Crippen LogP contribution in [0.2, 0.25) is 0 Å². The van der Waals surface area contributed by atoms with Crippen molar-refractivity contribution in [1.29, 1.82) is 0 Å². The van der Waals surface area contributed by atoms with Crippen LogP contribution in [0.5, 0.6) is 5.75 Å². The number of benzene rings is 2. The number of carbonyl (C=O) groups excluding carboxylic acids is 2. The van der Waals surface area contributed by atoms with Gasteiger partial charge in [0.05, 0.1) is 11.3 Å². The van der Waals surface area contributed by atoms with Gasteiger partial charge in [-0.05, 0) is 36.4 Å². The lowest BCUT2D eigenvalue weighted by Crippen LogP contribution is -2.32.